The van der Waals surface area contributed by atoms with Gasteiger partial charge in [-0.1, -0.05) is 38.5 Å². The lowest BCUT2D eigenvalue weighted by Gasteiger charge is -2.37. The van der Waals surface area contributed by atoms with Gasteiger partial charge in [-0.2, -0.15) is 15.4 Å². The van der Waals surface area contributed by atoms with Gasteiger partial charge in [-0.3, -0.25) is 18.9 Å². The van der Waals surface area contributed by atoms with Gasteiger partial charge in [0, 0.05) is 20.0 Å². The van der Waals surface area contributed by atoms with Crippen LogP contribution in [0.5, 0.6) is 5.75 Å². The van der Waals surface area contributed by atoms with E-state index in [4.69, 9.17) is 33.7 Å². The number of nitrogens with zero attached hydrogens (tertiary/aromatic N) is 4. The van der Waals surface area contributed by atoms with Crippen molar-refractivity contribution in [1.29, 1.82) is 5.26 Å². The summed E-state index contributed by atoms with van der Waals surface area (Å²) in [6.07, 6.45) is 0.708. The van der Waals surface area contributed by atoms with Crippen LogP contribution in [0.1, 0.15) is 64.7 Å². The summed E-state index contributed by atoms with van der Waals surface area (Å²) in [4.78, 5) is 42.5. The first kappa shape index (κ1) is 37.3. The van der Waals surface area contributed by atoms with E-state index in [1.165, 1.54) is 42.9 Å². The van der Waals surface area contributed by atoms with Crippen molar-refractivity contribution in [1.82, 2.24) is 19.7 Å². The van der Waals surface area contributed by atoms with Gasteiger partial charge in [0.15, 0.2) is 18.0 Å². The van der Waals surface area contributed by atoms with E-state index >= 15 is 0 Å². The molecule has 0 aliphatic heterocycles. The fourth-order valence-corrected chi connectivity index (χ4v) is 6.40. The maximum absolute atomic E-state index is 14.4. The van der Waals surface area contributed by atoms with Gasteiger partial charge < -0.3 is 29.2 Å². The van der Waals surface area contributed by atoms with Gasteiger partial charge in [-0.25, -0.2) is 14.1 Å². The minimum absolute atomic E-state index is 0.0762. The summed E-state index contributed by atoms with van der Waals surface area (Å²) in [6.45, 7) is 3.87. The number of rotatable bonds is 18. The Balaban J connectivity index is 1.72. The zero-order valence-corrected chi connectivity index (χ0v) is 28.7. The van der Waals surface area contributed by atoms with Gasteiger partial charge in [0.25, 0.3) is 0 Å². The average Bonchev–Trinajstić information content (AvgIpc) is 3.52. The highest BCUT2D eigenvalue weighted by Crippen LogP contribution is 2.47. The molecule has 5 atom stereocenters. The zero-order chi connectivity index (χ0) is 35.6. The summed E-state index contributed by atoms with van der Waals surface area (Å²) in [7, 11) is -3.39. The number of carbonyl (C=O) groups excluding carboxylic acids is 3. The number of nitrogen functional groups attached to an aromatic ring is 1. The molecule has 0 spiro atoms. The summed E-state index contributed by atoms with van der Waals surface area (Å²) < 4.78 is 49.9. The molecule has 1 saturated carbocycles. The van der Waals surface area contributed by atoms with Crippen molar-refractivity contribution in [2.75, 3.05) is 26.1 Å². The maximum Gasteiger partial charge on any atom is 0.459 e. The predicted octanol–water partition coefficient (Wildman–Crippen LogP) is 4.06. The lowest BCUT2D eigenvalue weighted by Crippen LogP contribution is -2.53. The van der Waals surface area contributed by atoms with Gasteiger partial charge in [0.2, 0.25) is 5.60 Å². The summed E-state index contributed by atoms with van der Waals surface area (Å²) in [5.41, 5.74) is 4.23. The summed E-state index contributed by atoms with van der Waals surface area (Å²) in [5.74, 6) is -1.68. The standard InChI is InChI=1S/C32H41N6O10P/c1-5-26(39)46-28(24-15-16-25-30(34)35-20-36-38(24)25)29(47-27(40)6-2)32(18-33,43-4)19-45-49(42,48-23-13-8-7-9-14-23)37-21(3)31(41)44-17-22-11-10-12-22/h7-9,13-16,20-22,28-29H,5-6,10-12,17,19H2,1-4H3,(H,37,42)(H2,34,35,36)/t21-,28-,29-,32?,49?/m0/s1. The molecule has 264 valence electrons. The first-order chi connectivity index (χ1) is 23.5. The van der Waals surface area contributed by atoms with Crippen molar-refractivity contribution in [2.45, 2.75) is 76.7 Å². The SMILES string of the molecule is CCC(=O)O[C@@H](c1ccc2c(N)ncnn12)[C@H](OC(=O)CC)C(C#N)(COP(=O)(N[C@@H](C)C(=O)OCC1CCC1)Oc1ccccc1)OC. The molecule has 16 nitrogen and oxygen atoms in total. The van der Waals surface area contributed by atoms with Crippen molar-refractivity contribution in [3.63, 3.8) is 0 Å². The Morgan fingerprint density at radius 2 is 1.82 bits per heavy atom. The van der Waals surface area contributed by atoms with Crippen LogP contribution in [0.2, 0.25) is 0 Å². The molecule has 2 heterocycles. The number of nitrogens with one attached hydrogen (secondary N) is 1. The Morgan fingerprint density at radius 1 is 1.12 bits per heavy atom. The third kappa shape index (κ3) is 9.12. The van der Waals surface area contributed by atoms with E-state index in [0.717, 1.165) is 26.4 Å². The van der Waals surface area contributed by atoms with Crippen molar-refractivity contribution < 1.29 is 46.9 Å². The number of nitriles is 1. The van der Waals surface area contributed by atoms with Gasteiger partial charge in [-0.15, -0.1) is 0 Å². The van der Waals surface area contributed by atoms with Crippen LogP contribution < -0.4 is 15.3 Å². The Bertz CT molecular complexity index is 1690. The molecule has 3 N–H and O–H groups in total. The molecule has 17 heteroatoms. The molecular weight excluding hydrogens is 659 g/mol. The van der Waals surface area contributed by atoms with Crippen molar-refractivity contribution in [3.8, 4) is 11.8 Å². The Hall–Kier alpha value is -4.55. The molecule has 2 aromatic heterocycles. The van der Waals surface area contributed by atoms with Crippen LogP contribution in [-0.4, -0.2) is 70.6 Å². The molecule has 3 aromatic rings. The zero-order valence-electron chi connectivity index (χ0n) is 27.8. The van der Waals surface area contributed by atoms with Crippen LogP contribution in [0.4, 0.5) is 5.82 Å². The normalized spacial score (nSPS) is 17.3. The van der Waals surface area contributed by atoms with Gasteiger partial charge in [0.1, 0.15) is 36.3 Å². The number of fused-ring (bicyclic) bond motifs is 1. The molecule has 1 aliphatic rings. The van der Waals surface area contributed by atoms with E-state index in [-0.39, 0.29) is 42.6 Å². The van der Waals surface area contributed by atoms with Gasteiger partial charge in [0.05, 0.1) is 12.3 Å². The average molecular weight is 701 g/mol. The first-order valence-corrected chi connectivity index (χ1v) is 17.4. The van der Waals surface area contributed by atoms with Crippen LogP contribution in [0.15, 0.2) is 48.8 Å². The molecule has 1 fully saturated rings. The molecule has 0 radical (unpaired) electrons. The van der Waals surface area contributed by atoms with E-state index in [2.05, 4.69) is 15.2 Å². The number of aromatic nitrogens is 3. The van der Waals surface area contributed by atoms with E-state index in [1.807, 2.05) is 6.07 Å². The number of ether oxygens (including phenoxy) is 4. The second-order valence-electron chi connectivity index (χ2n) is 11.4. The molecule has 0 bridgehead atoms. The number of anilines is 1. The Kier molecular flexibility index (Phi) is 12.7. The van der Waals surface area contributed by atoms with E-state index in [0.29, 0.717) is 5.52 Å². The highest BCUT2D eigenvalue weighted by atomic mass is 31.2. The molecular formula is C32H41N6O10P. The largest absolute Gasteiger partial charge is 0.464 e. The van der Waals surface area contributed by atoms with Crippen molar-refractivity contribution >= 4 is 37.0 Å². The highest BCUT2D eigenvalue weighted by molar-refractivity contribution is 7.52. The lowest BCUT2D eigenvalue weighted by atomic mass is 9.86. The molecule has 1 aromatic carbocycles. The fraction of sp³-hybridized carbons (Fsp3) is 0.500. The first-order valence-electron chi connectivity index (χ1n) is 15.8. The number of carbonyl (C=O) groups is 3. The van der Waals surface area contributed by atoms with Gasteiger partial charge >= 0.3 is 25.7 Å². The molecule has 0 amide bonds. The molecule has 0 saturated heterocycles. The number of esters is 3. The van der Waals surface area contributed by atoms with Crippen molar-refractivity contribution in [2.24, 2.45) is 5.92 Å². The molecule has 1 aliphatic carbocycles. The molecule has 49 heavy (non-hydrogen) atoms. The summed E-state index contributed by atoms with van der Waals surface area (Å²) in [6, 6.07) is 11.9. The molecule has 4 rings (SSSR count). The third-order valence-electron chi connectivity index (χ3n) is 7.99. The predicted molar refractivity (Wildman–Crippen MR) is 174 cm³/mol. The minimum atomic E-state index is -4.54. The van der Waals surface area contributed by atoms with Gasteiger partial charge in [-0.05, 0) is 49.9 Å². The Morgan fingerprint density at radius 3 is 2.43 bits per heavy atom. The molecule has 2 unspecified atom stereocenters. The highest BCUT2D eigenvalue weighted by Gasteiger charge is 2.52. The monoisotopic (exact) mass is 700 g/mol. The Labute approximate surface area is 283 Å². The number of hydrogen-bond donors (Lipinski definition) is 2. The third-order valence-corrected chi connectivity index (χ3v) is 9.62. The maximum atomic E-state index is 14.4. The van der Waals surface area contributed by atoms with Crippen LogP contribution >= 0.6 is 7.75 Å². The lowest BCUT2D eigenvalue weighted by molar-refractivity contribution is -0.193. The van der Waals surface area contributed by atoms with Crippen LogP contribution in [0.3, 0.4) is 0 Å². The van der Waals surface area contributed by atoms with Crippen LogP contribution in [0, 0.1) is 17.2 Å². The van der Waals surface area contributed by atoms with Crippen LogP contribution in [0.25, 0.3) is 5.52 Å². The van der Waals surface area contributed by atoms with Crippen LogP contribution in [-0.2, 0) is 42.4 Å². The van der Waals surface area contributed by atoms with E-state index in [1.54, 1.807) is 31.2 Å². The number of hydrogen-bond acceptors (Lipinski definition) is 14. The second kappa shape index (κ2) is 16.7. The quantitative estimate of drug-likeness (QED) is 0.109. The smallest absolute Gasteiger partial charge is 0.459 e. The summed E-state index contributed by atoms with van der Waals surface area (Å²) >= 11 is 0. The van der Waals surface area contributed by atoms with Crippen molar-refractivity contribution in [3.05, 3.63) is 54.5 Å². The number of benzene rings is 1. The topological polar surface area (TPSA) is 216 Å². The number of para-hydroxylation sites is 1. The van der Waals surface area contributed by atoms with E-state index in [9.17, 15) is 24.2 Å². The second-order valence-corrected chi connectivity index (χ2v) is 13.1. The summed E-state index contributed by atoms with van der Waals surface area (Å²) in [5, 5.41) is 17.5. The number of methoxy groups -OCH3 is 1. The fourth-order valence-electron chi connectivity index (χ4n) is 4.88. The minimum Gasteiger partial charge on any atom is -0.464 e. The number of nitrogens with two attached hydrogens (primary N) is 1. The van der Waals surface area contributed by atoms with E-state index < -0.39 is 56.1 Å².